The van der Waals surface area contributed by atoms with E-state index in [1.165, 1.54) is 7.11 Å². The van der Waals surface area contributed by atoms with E-state index < -0.39 is 5.97 Å². The summed E-state index contributed by atoms with van der Waals surface area (Å²) >= 11 is 0. The Bertz CT molecular complexity index is 852. The third kappa shape index (κ3) is 6.12. The molecule has 0 aliphatic heterocycles. The number of carbonyl (C=O) groups is 2. The van der Waals surface area contributed by atoms with Gasteiger partial charge in [-0.15, -0.1) is 0 Å². The average molecular weight is 415 g/mol. The number of hydrogen-bond donors (Lipinski definition) is 2. The monoisotopic (exact) mass is 415 g/mol. The molecule has 2 N–H and O–H groups in total. The quantitative estimate of drug-likeness (QED) is 0.612. The maximum absolute atomic E-state index is 12.3. The van der Waals surface area contributed by atoms with Crippen LogP contribution in [0.25, 0.3) is 0 Å². The van der Waals surface area contributed by atoms with Gasteiger partial charge < -0.3 is 29.7 Å². The van der Waals surface area contributed by atoms with Crippen LogP contribution in [0.1, 0.15) is 27.5 Å². The number of hydrogen-bond acceptors (Lipinski definition) is 6. The fourth-order valence-corrected chi connectivity index (χ4v) is 2.97. The first-order valence-electron chi connectivity index (χ1n) is 9.46. The lowest BCUT2D eigenvalue weighted by Crippen LogP contribution is -2.40. The Kier molecular flexibility index (Phi) is 8.49. The van der Waals surface area contributed by atoms with Crippen molar-refractivity contribution in [3.05, 3.63) is 59.2 Å². The van der Waals surface area contributed by atoms with E-state index in [-0.39, 0.29) is 12.1 Å². The second-order valence-corrected chi connectivity index (χ2v) is 6.85. The van der Waals surface area contributed by atoms with Crippen molar-refractivity contribution in [1.29, 1.82) is 0 Å². The summed E-state index contributed by atoms with van der Waals surface area (Å²) in [5, 5.41) is 5.72. The standard InChI is InChI=1S/C22H29N3O5/c1-25(2)18(17-10-11-19(28-3)20(12-17)29-4)14-24-22(27)23-13-15-6-8-16(9-7-15)21(26)30-5/h6-12,18H,13-14H2,1-5H3,(H2,23,24,27)/t18-/m1/s1. The minimum atomic E-state index is -0.392. The lowest BCUT2D eigenvalue weighted by Gasteiger charge is -2.26. The number of benzene rings is 2. The highest BCUT2D eigenvalue weighted by molar-refractivity contribution is 5.89. The molecule has 2 aromatic rings. The molecule has 0 unspecified atom stereocenters. The molecule has 1 atom stereocenters. The molecule has 30 heavy (non-hydrogen) atoms. The zero-order valence-electron chi connectivity index (χ0n) is 18.0. The number of likely N-dealkylation sites (N-methyl/N-ethyl adjacent to an activating group) is 1. The number of ether oxygens (including phenoxy) is 3. The van der Waals surface area contributed by atoms with Crippen LogP contribution in [0.2, 0.25) is 0 Å². The summed E-state index contributed by atoms with van der Waals surface area (Å²) in [7, 11) is 8.42. The van der Waals surface area contributed by atoms with Crippen molar-refractivity contribution < 1.29 is 23.8 Å². The van der Waals surface area contributed by atoms with E-state index in [9.17, 15) is 9.59 Å². The summed E-state index contributed by atoms with van der Waals surface area (Å²) in [4.78, 5) is 25.7. The van der Waals surface area contributed by atoms with E-state index in [2.05, 4.69) is 15.4 Å². The number of nitrogens with one attached hydrogen (secondary N) is 2. The van der Waals surface area contributed by atoms with Crippen LogP contribution in [0, 0.1) is 0 Å². The molecule has 0 fully saturated rings. The van der Waals surface area contributed by atoms with Gasteiger partial charge in [-0.3, -0.25) is 0 Å². The molecule has 2 aromatic carbocycles. The van der Waals surface area contributed by atoms with Gasteiger partial charge in [0.25, 0.3) is 0 Å². The van der Waals surface area contributed by atoms with Crippen molar-refractivity contribution >= 4 is 12.0 Å². The average Bonchev–Trinajstić information content (AvgIpc) is 2.77. The SMILES string of the molecule is COC(=O)c1ccc(CNC(=O)NC[C@H](c2ccc(OC)c(OC)c2)N(C)C)cc1. The highest BCUT2D eigenvalue weighted by Crippen LogP contribution is 2.31. The van der Waals surface area contributed by atoms with Gasteiger partial charge in [-0.25, -0.2) is 9.59 Å². The highest BCUT2D eigenvalue weighted by atomic mass is 16.5. The normalized spacial score (nSPS) is 11.5. The summed E-state index contributed by atoms with van der Waals surface area (Å²) in [6.07, 6.45) is 0. The summed E-state index contributed by atoms with van der Waals surface area (Å²) in [5.41, 5.74) is 2.34. The molecule has 0 aromatic heterocycles. The van der Waals surface area contributed by atoms with E-state index in [1.54, 1.807) is 38.5 Å². The fourth-order valence-electron chi connectivity index (χ4n) is 2.97. The molecule has 0 heterocycles. The Morgan fingerprint density at radius 2 is 1.60 bits per heavy atom. The molecule has 2 amide bonds. The summed E-state index contributed by atoms with van der Waals surface area (Å²) in [6.45, 7) is 0.756. The Morgan fingerprint density at radius 1 is 0.933 bits per heavy atom. The summed E-state index contributed by atoms with van der Waals surface area (Å²) < 4.78 is 15.3. The molecular formula is C22H29N3O5. The minimum absolute atomic E-state index is 0.0464. The molecule has 0 saturated carbocycles. The molecule has 0 bridgehead atoms. The number of carbonyl (C=O) groups excluding carboxylic acids is 2. The van der Waals surface area contributed by atoms with Crippen molar-refractivity contribution in [3.8, 4) is 11.5 Å². The number of rotatable bonds is 9. The first-order chi connectivity index (χ1) is 14.4. The lowest BCUT2D eigenvalue weighted by molar-refractivity contribution is 0.0600. The number of esters is 1. The van der Waals surface area contributed by atoms with Gasteiger partial charge in [-0.1, -0.05) is 18.2 Å². The lowest BCUT2D eigenvalue weighted by atomic mass is 10.1. The molecule has 0 spiro atoms. The molecule has 2 rings (SSSR count). The molecule has 0 aliphatic rings. The number of nitrogens with zero attached hydrogens (tertiary/aromatic N) is 1. The van der Waals surface area contributed by atoms with Gasteiger partial charge in [0.15, 0.2) is 11.5 Å². The highest BCUT2D eigenvalue weighted by Gasteiger charge is 2.17. The topological polar surface area (TPSA) is 89.1 Å². The van der Waals surface area contributed by atoms with Crippen LogP contribution in [-0.2, 0) is 11.3 Å². The minimum Gasteiger partial charge on any atom is -0.493 e. The predicted molar refractivity (Wildman–Crippen MR) is 114 cm³/mol. The largest absolute Gasteiger partial charge is 0.493 e. The summed E-state index contributed by atoms with van der Waals surface area (Å²) in [6, 6.07) is 12.3. The Labute approximate surface area is 177 Å². The molecule has 8 heteroatoms. The van der Waals surface area contributed by atoms with Crippen molar-refractivity contribution in [2.75, 3.05) is 42.0 Å². The molecule has 8 nitrogen and oxygen atoms in total. The van der Waals surface area contributed by atoms with Gasteiger partial charge in [-0.05, 0) is 49.5 Å². The van der Waals surface area contributed by atoms with Crippen LogP contribution < -0.4 is 20.1 Å². The van der Waals surface area contributed by atoms with Gasteiger partial charge in [0, 0.05) is 13.1 Å². The second-order valence-electron chi connectivity index (χ2n) is 6.85. The van der Waals surface area contributed by atoms with E-state index in [0.29, 0.717) is 30.2 Å². The van der Waals surface area contributed by atoms with Crippen molar-refractivity contribution in [1.82, 2.24) is 15.5 Å². The van der Waals surface area contributed by atoms with Crippen LogP contribution in [0.5, 0.6) is 11.5 Å². The van der Waals surface area contributed by atoms with Crippen LogP contribution in [-0.4, -0.2) is 58.9 Å². The van der Waals surface area contributed by atoms with Crippen LogP contribution in [0.3, 0.4) is 0 Å². The number of methoxy groups -OCH3 is 3. The Morgan fingerprint density at radius 3 is 2.17 bits per heavy atom. The van der Waals surface area contributed by atoms with Gasteiger partial charge in [0.1, 0.15) is 0 Å². The van der Waals surface area contributed by atoms with Gasteiger partial charge >= 0.3 is 12.0 Å². The Balaban J connectivity index is 1.93. The third-order valence-corrected chi connectivity index (χ3v) is 4.70. The van der Waals surface area contributed by atoms with Crippen molar-refractivity contribution in [2.24, 2.45) is 0 Å². The van der Waals surface area contributed by atoms with Gasteiger partial charge in [0.05, 0.1) is 32.9 Å². The van der Waals surface area contributed by atoms with Gasteiger partial charge in [0.2, 0.25) is 0 Å². The maximum Gasteiger partial charge on any atom is 0.337 e. The van der Waals surface area contributed by atoms with Crippen LogP contribution >= 0.6 is 0 Å². The second kappa shape index (κ2) is 11.1. The molecule has 0 saturated heterocycles. The molecule has 0 radical (unpaired) electrons. The predicted octanol–water partition coefficient (Wildman–Crippen LogP) is 2.59. The Hall–Kier alpha value is -3.26. The third-order valence-electron chi connectivity index (χ3n) is 4.70. The van der Waals surface area contributed by atoms with Gasteiger partial charge in [-0.2, -0.15) is 0 Å². The summed E-state index contributed by atoms with van der Waals surface area (Å²) in [5.74, 6) is 0.904. The first-order valence-corrected chi connectivity index (χ1v) is 9.46. The van der Waals surface area contributed by atoms with E-state index in [0.717, 1.165) is 11.1 Å². The van der Waals surface area contributed by atoms with E-state index in [4.69, 9.17) is 9.47 Å². The smallest absolute Gasteiger partial charge is 0.337 e. The van der Waals surface area contributed by atoms with Crippen molar-refractivity contribution in [2.45, 2.75) is 12.6 Å². The molecule has 162 valence electrons. The number of urea groups is 1. The fraction of sp³-hybridized carbons (Fsp3) is 0.364. The van der Waals surface area contributed by atoms with Crippen molar-refractivity contribution in [3.63, 3.8) is 0 Å². The van der Waals surface area contributed by atoms with E-state index in [1.807, 2.05) is 37.2 Å². The number of amides is 2. The van der Waals surface area contributed by atoms with Crippen LogP contribution in [0.4, 0.5) is 4.79 Å². The molecule has 0 aliphatic carbocycles. The zero-order chi connectivity index (χ0) is 22.1. The zero-order valence-corrected chi connectivity index (χ0v) is 18.0. The van der Waals surface area contributed by atoms with Crippen LogP contribution in [0.15, 0.2) is 42.5 Å². The first kappa shape index (κ1) is 23.0. The molecular weight excluding hydrogens is 386 g/mol. The maximum atomic E-state index is 12.3. The van der Waals surface area contributed by atoms with E-state index >= 15 is 0 Å².